The number of rotatable bonds is 5. The molecular weight excluding hydrogens is 342 g/mol. The Hall–Kier alpha value is -2.10. The van der Waals surface area contributed by atoms with Gasteiger partial charge in [-0.25, -0.2) is 4.98 Å². The lowest BCUT2D eigenvalue weighted by atomic mass is 10.0. The second-order valence-corrected chi connectivity index (χ2v) is 7.66. The molecule has 2 rings (SSSR count). The number of aliphatic hydroxyl groups excluding tert-OH is 1. The molecule has 1 aliphatic heterocycles. The van der Waals surface area contributed by atoms with Crippen molar-refractivity contribution in [2.24, 2.45) is 11.8 Å². The van der Waals surface area contributed by atoms with Crippen LogP contribution in [0.5, 0.6) is 5.88 Å². The number of aromatic nitrogens is 1. The van der Waals surface area contributed by atoms with Crippen molar-refractivity contribution in [3.05, 3.63) is 23.4 Å². The summed E-state index contributed by atoms with van der Waals surface area (Å²) in [4.78, 5) is 19.3. The average molecular weight is 373 g/mol. The number of amides is 1. The van der Waals surface area contributed by atoms with Gasteiger partial charge in [-0.3, -0.25) is 4.79 Å². The Morgan fingerprint density at radius 3 is 2.81 bits per heavy atom. The number of carbonyl (C=O) groups is 1. The van der Waals surface area contributed by atoms with E-state index < -0.39 is 0 Å². The molecule has 148 valence electrons. The molecule has 1 aromatic rings. The lowest BCUT2D eigenvalue weighted by Crippen LogP contribution is -2.49. The average Bonchev–Trinajstić information content (AvgIpc) is 2.64. The molecule has 0 aliphatic carbocycles. The first-order chi connectivity index (χ1) is 12.9. The van der Waals surface area contributed by atoms with E-state index in [1.165, 1.54) is 0 Å². The molecule has 6 nitrogen and oxygen atoms in total. The predicted octanol–water partition coefficient (Wildman–Crippen LogP) is 1.92. The molecule has 0 bridgehead atoms. The summed E-state index contributed by atoms with van der Waals surface area (Å²) in [6.45, 7) is 9.18. The molecule has 1 aliphatic rings. The number of pyridine rings is 1. The van der Waals surface area contributed by atoms with Crippen LogP contribution in [0, 0.1) is 23.7 Å². The van der Waals surface area contributed by atoms with Crippen molar-refractivity contribution >= 4 is 5.91 Å². The number of likely N-dealkylation sites (N-methyl/N-ethyl adjacent to an activating group) is 1. The summed E-state index contributed by atoms with van der Waals surface area (Å²) >= 11 is 0. The number of ether oxygens (including phenoxy) is 1. The van der Waals surface area contributed by atoms with Gasteiger partial charge >= 0.3 is 0 Å². The first-order valence-corrected chi connectivity index (χ1v) is 9.59. The van der Waals surface area contributed by atoms with Gasteiger partial charge in [0.2, 0.25) is 5.88 Å². The molecule has 1 amide bonds. The van der Waals surface area contributed by atoms with Crippen molar-refractivity contribution in [2.45, 2.75) is 46.3 Å². The second-order valence-electron chi connectivity index (χ2n) is 7.66. The Morgan fingerprint density at radius 2 is 2.19 bits per heavy atom. The van der Waals surface area contributed by atoms with E-state index in [4.69, 9.17) is 4.74 Å². The fraction of sp³-hybridized carbons (Fsp3) is 0.619. The van der Waals surface area contributed by atoms with E-state index >= 15 is 0 Å². The lowest BCUT2D eigenvalue weighted by Gasteiger charge is -2.36. The van der Waals surface area contributed by atoms with E-state index in [0.29, 0.717) is 36.0 Å². The smallest absolute Gasteiger partial charge is 0.259 e. The van der Waals surface area contributed by atoms with E-state index in [1.807, 2.05) is 20.9 Å². The number of nitrogens with one attached hydrogen (secondary N) is 1. The number of aliphatic hydroxyl groups is 1. The van der Waals surface area contributed by atoms with Crippen molar-refractivity contribution in [3.63, 3.8) is 0 Å². The second kappa shape index (κ2) is 9.72. The highest BCUT2D eigenvalue weighted by atomic mass is 16.5. The highest BCUT2D eigenvalue weighted by molar-refractivity contribution is 5.97. The van der Waals surface area contributed by atoms with Gasteiger partial charge in [0, 0.05) is 37.2 Å². The molecule has 0 saturated heterocycles. The maximum atomic E-state index is 13.2. The van der Waals surface area contributed by atoms with E-state index in [-0.39, 0.29) is 30.6 Å². The van der Waals surface area contributed by atoms with Gasteiger partial charge in [-0.15, -0.1) is 0 Å². The fourth-order valence-corrected chi connectivity index (χ4v) is 2.97. The van der Waals surface area contributed by atoms with Crippen molar-refractivity contribution in [3.8, 4) is 17.7 Å². The third kappa shape index (κ3) is 5.44. The number of nitrogens with zero attached hydrogens (tertiary/aromatic N) is 2. The molecule has 2 heterocycles. The summed E-state index contributed by atoms with van der Waals surface area (Å²) in [5, 5.41) is 12.8. The van der Waals surface area contributed by atoms with Crippen LogP contribution in [0.25, 0.3) is 0 Å². The lowest BCUT2D eigenvalue weighted by molar-refractivity contribution is 0.0404. The highest BCUT2D eigenvalue weighted by Crippen LogP contribution is 2.26. The molecule has 0 unspecified atom stereocenters. The minimum absolute atomic E-state index is 0.0906. The summed E-state index contributed by atoms with van der Waals surface area (Å²) in [6, 6.07) is 1.47. The molecule has 2 N–H and O–H groups in total. The zero-order valence-electron chi connectivity index (χ0n) is 17.0. The van der Waals surface area contributed by atoms with Gasteiger partial charge in [0.05, 0.1) is 12.6 Å². The maximum absolute atomic E-state index is 13.2. The van der Waals surface area contributed by atoms with Crippen LogP contribution < -0.4 is 10.1 Å². The predicted molar refractivity (Wildman–Crippen MR) is 106 cm³/mol. The van der Waals surface area contributed by atoms with Crippen LogP contribution in [0.1, 0.15) is 50.0 Å². The normalized spacial score (nSPS) is 20.9. The molecule has 1 aromatic heterocycles. The largest absolute Gasteiger partial charge is 0.472 e. The first-order valence-electron chi connectivity index (χ1n) is 9.59. The summed E-state index contributed by atoms with van der Waals surface area (Å²) in [5.41, 5.74) is 1.10. The van der Waals surface area contributed by atoms with Gasteiger partial charge in [0.1, 0.15) is 11.7 Å². The number of hydrogen-bond acceptors (Lipinski definition) is 5. The summed E-state index contributed by atoms with van der Waals surface area (Å²) in [6.07, 6.45) is 2.32. The standard InChI is InChI=1S/C21H31N3O3/c1-14(2)7-6-8-17-9-18-20(23-10-17)27-19(11-22-5)15(3)12-24(21(18)26)16(4)13-25/h9-10,14-16,19,22,25H,7,11-13H2,1-5H3/t15-,16+,19-/m0/s1. The summed E-state index contributed by atoms with van der Waals surface area (Å²) in [7, 11) is 1.87. The Morgan fingerprint density at radius 1 is 1.44 bits per heavy atom. The van der Waals surface area contributed by atoms with Crippen LogP contribution in [-0.2, 0) is 0 Å². The van der Waals surface area contributed by atoms with Gasteiger partial charge in [-0.1, -0.05) is 32.6 Å². The number of fused-ring (bicyclic) bond motifs is 1. The Bertz CT molecular complexity index is 708. The number of hydrogen-bond donors (Lipinski definition) is 2. The van der Waals surface area contributed by atoms with E-state index in [2.05, 4.69) is 36.0 Å². The van der Waals surface area contributed by atoms with Crippen molar-refractivity contribution in [1.29, 1.82) is 0 Å². The third-order valence-corrected chi connectivity index (χ3v) is 4.67. The van der Waals surface area contributed by atoms with Crippen molar-refractivity contribution < 1.29 is 14.6 Å². The molecule has 0 spiro atoms. The van der Waals surface area contributed by atoms with Crippen LogP contribution >= 0.6 is 0 Å². The van der Waals surface area contributed by atoms with E-state index in [0.717, 1.165) is 6.42 Å². The van der Waals surface area contributed by atoms with Crippen LogP contribution in [0.15, 0.2) is 12.3 Å². The SMILES string of the molecule is CNC[C@@H]1Oc2ncc(C#CCC(C)C)cc2C(=O)N([C@H](C)CO)C[C@@H]1C. The molecule has 0 fully saturated rings. The topological polar surface area (TPSA) is 74.7 Å². The quantitative estimate of drug-likeness (QED) is 0.772. The molecule has 0 saturated carbocycles. The zero-order chi connectivity index (χ0) is 20.0. The van der Waals surface area contributed by atoms with Crippen LogP contribution in [0.4, 0.5) is 0 Å². The minimum atomic E-state index is -0.281. The zero-order valence-corrected chi connectivity index (χ0v) is 17.0. The van der Waals surface area contributed by atoms with Crippen LogP contribution in [0.3, 0.4) is 0 Å². The molecule has 0 aromatic carbocycles. The Labute approximate surface area is 162 Å². The van der Waals surface area contributed by atoms with Gasteiger partial charge < -0.3 is 20.1 Å². The molecular formula is C21H31N3O3. The fourth-order valence-electron chi connectivity index (χ4n) is 2.97. The van der Waals surface area contributed by atoms with E-state index in [9.17, 15) is 9.90 Å². The van der Waals surface area contributed by atoms with Crippen molar-refractivity contribution in [2.75, 3.05) is 26.7 Å². The van der Waals surface area contributed by atoms with Crippen LogP contribution in [0.2, 0.25) is 0 Å². The molecule has 0 radical (unpaired) electrons. The summed E-state index contributed by atoms with van der Waals surface area (Å²) < 4.78 is 6.09. The first kappa shape index (κ1) is 21.2. The third-order valence-electron chi connectivity index (χ3n) is 4.67. The monoisotopic (exact) mass is 373 g/mol. The Balaban J connectivity index is 2.44. The molecule has 3 atom stereocenters. The van der Waals surface area contributed by atoms with Gasteiger partial charge in [0.15, 0.2) is 0 Å². The number of carbonyl (C=O) groups excluding carboxylic acids is 1. The maximum Gasteiger partial charge on any atom is 0.259 e. The van der Waals surface area contributed by atoms with Gasteiger partial charge in [-0.2, -0.15) is 0 Å². The van der Waals surface area contributed by atoms with E-state index in [1.54, 1.807) is 17.2 Å². The van der Waals surface area contributed by atoms with Crippen LogP contribution in [-0.4, -0.2) is 59.8 Å². The highest BCUT2D eigenvalue weighted by Gasteiger charge is 2.33. The minimum Gasteiger partial charge on any atom is -0.472 e. The Kier molecular flexibility index (Phi) is 7.64. The van der Waals surface area contributed by atoms with Crippen molar-refractivity contribution in [1.82, 2.24) is 15.2 Å². The molecule has 6 heteroatoms. The van der Waals surface area contributed by atoms with Gasteiger partial charge in [-0.05, 0) is 26.0 Å². The summed E-state index contributed by atoms with van der Waals surface area (Å²) in [5.74, 6) is 6.95. The van der Waals surface area contributed by atoms with Gasteiger partial charge in [0.25, 0.3) is 5.91 Å². The molecule has 27 heavy (non-hydrogen) atoms.